The van der Waals surface area contributed by atoms with Gasteiger partial charge in [0.1, 0.15) is 5.75 Å². The SMILES string of the molecule is CCN(CC)c1ccc2c(c1)Oc1nc(N(CC)CC)nc(C)c1C21OC(=O)c2c(Cl)c(Cl)c(Cl)c(Cl)c21. The zero-order valence-corrected chi connectivity index (χ0v) is 24.6. The summed E-state index contributed by atoms with van der Waals surface area (Å²) >= 11 is 26.3. The Kier molecular flexibility index (Phi) is 7.10. The van der Waals surface area contributed by atoms with E-state index in [4.69, 9.17) is 65.8 Å². The molecule has 1 unspecified atom stereocenters. The number of rotatable bonds is 6. The molecule has 2 aliphatic heterocycles. The molecule has 7 nitrogen and oxygen atoms in total. The van der Waals surface area contributed by atoms with Crippen molar-refractivity contribution in [3.63, 3.8) is 0 Å². The van der Waals surface area contributed by atoms with Crippen molar-refractivity contribution in [3.8, 4) is 11.6 Å². The van der Waals surface area contributed by atoms with E-state index in [2.05, 4.69) is 18.7 Å². The molecule has 0 radical (unpaired) electrons. The van der Waals surface area contributed by atoms with E-state index in [-0.39, 0.29) is 31.5 Å². The Bertz CT molecular complexity index is 1470. The van der Waals surface area contributed by atoms with Crippen molar-refractivity contribution in [1.29, 1.82) is 0 Å². The van der Waals surface area contributed by atoms with Gasteiger partial charge in [-0.15, -0.1) is 0 Å². The number of benzene rings is 2. The number of esters is 1. The van der Waals surface area contributed by atoms with Crippen LogP contribution in [0.4, 0.5) is 11.6 Å². The fourth-order valence-corrected chi connectivity index (χ4v) is 6.39. The fraction of sp³-hybridized carbons (Fsp3) is 0.370. The molecular weight excluding hydrogens is 570 g/mol. The lowest BCUT2D eigenvalue weighted by molar-refractivity contribution is 0.0219. The Morgan fingerprint density at radius 3 is 2.11 bits per heavy atom. The lowest BCUT2D eigenvalue weighted by Gasteiger charge is -2.38. The highest BCUT2D eigenvalue weighted by atomic mass is 35.5. The molecule has 5 rings (SSSR count). The van der Waals surface area contributed by atoms with Gasteiger partial charge in [-0.1, -0.05) is 46.4 Å². The van der Waals surface area contributed by atoms with Crippen molar-refractivity contribution in [3.05, 3.63) is 66.2 Å². The Morgan fingerprint density at radius 2 is 1.47 bits per heavy atom. The summed E-state index contributed by atoms with van der Waals surface area (Å²) in [5, 5.41) is 0.0640. The first-order valence-corrected chi connectivity index (χ1v) is 14.0. The van der Waals surface area contributed by atoms with E-state index in [0.29, 0.717) is 47.2 Å². The summed E-state index contributed by atoms with van der Waals surface area (Å²) in [4.78, 5) is 27.3. The minimum atomic E-state index is -1.54. The molecule has 3 aromatic rings. The average molecular weight is 596 g/mol. The van der Waals surface area contributed by atoms with Crippen LogP contribution < -0.4 is 14.5 Å². The first-order valence-electron chi connectivity index (χ1n) is 12.4. The van der Waals surface area contributed by atoms with E-state index in [1.165, 1.54) is 0 Å². The summed E-state index contributed by atoms with van der Waals surface area (Å²) in [6.45, 7) is 13.1. The lowest BCUT2D eigenvalue weighted by atomic mass is 9.77. The van der Waals surface area contributed by atoms with E-state index in [9.17, 15) is 4.79 Å². The highest BCUT2D eigenvalue weighted by molar-refractivity contribution is 6.53. The van der Waals surface area contributed by atoms with Crippen molar-refractivity contribution in [2.45, 2.75) is 40.2 Å². The zero-order valence-electron chi connectivity index (χ0n) is 21.6. The predicted octanol–water partition coefficient (Wildman–Crippen LogP) is 7.66. The van der Waals surface area contributed by atoms with Gasteiger partial charge in [-0.3, -0.25) is 0 Å². The van der Waals surface area contributed by atoms with Gasteiger partial charge < -0.3 is 19.3 Å². The summed E-state index contributed by atoms with van der Waals surface area (Å²) in [5.41, 5.74) is 1.35. The van der Waals surface area contributed by atoms with Gasteiger partial charge in [-0.25, -0.2) is 9.78 Å². The van der Waals surface area contributed by atoms with E-state index < -0.39 is 11.6 Å². The molecular formula is C27H26Cl4N4O3. The number of nitrogens with zero attached hydrogens (tertiary/aromatic N) is 4. The van der Waals surface area contributed by atoms with Crippen LogP contribution >= 0.6 is 46.4 Å². The second-order valence-corrected chi connectivity index (χ2v) is 10.5. The smallest absolute Gasteiger partial charge is 0.341 e. The van der Waals surface area contributed by atoms with E-state index >= 15 is 0 Å². The Morgan fingerprint density at radius 1 is 0.842 bits per heavy atom. The van der Waals surface area contributed by atoms with Gasteiger partial charge in [0.05, 0.1) is 36.9 Å². The van der Waals surface area contributed by atoms with Gasteiger partial charge in [0.2, 0.25) is 17.4 Å². The largest absolute Gasteiger partial charge is 0.440 e. The summed E-state index contributed by atoms with van der Waals surface area (Å²) in [6, 6.07) is 5.75. The van der Waals surface area contributed by atoms with Crippen molar-refractivity contribution < 1.29 is 14.3 Å². The maximum absolute atomic E-state index is 13.5. The monoisotopic (exact) mass is 594 g/mol. The molecule has 1 aromatic heterocycles. The maximum atomic E-state index is 13.5. The molecule has 2 aliphatic rings. The van der Waals surface area contributed by atoms with Crippen molar-refractivity contribution >= 4 is 64.0 Å². The Balaban J connectivity index is 1.89. The average Bonchev–Trinajstić information content (AvgIpc) is 3.20. The Labute approximate surface area is 241 Å². The van der Waals surface area contributed by atoms with Crippen LogP contribution in [0.15, 0.2) is 18.2 Å². The number of carbonyl (C=O) groups excluding carboxylic acids is 1. The van der Waals surface area contributed by atoms with Gasteiger partial charge in [0, 0.05) is 49.1 Å². The molecule has 11 heteroatoms. The van der Waals surface area contributed by atoms with Crippen LogP contribution in [0.3, 0.4) is 0 Å². The summed E-state index contributed by atoms with van der Waals surface area (Å²) in [5.74, 6) is 0.573. The number of fused-ring (bicyclic) bond motifs is 6. The normalized spacial score (nSPS) is 17.0. The number of aryl methyl sites for hydroxylation is 1. The number of halogens is 4. The van der Waals surface area contributed by atoms with Crippen LogP contribution in [0.1, 0.15) is 60.4 Å². The van der Waals surface area contributed by atoms with Crippen LogP contribution in [0.5, 0.6) is 11.6 Å². The number of carbonyl (C=O) groups is 1. The first kappa shape index (κ1) is 27.1. The van der Waals surface area contributed by atoms with Crippen LogP contribution in [0.25, 0.3) is 0 Å². The minimum absolute atomic E-state index is 0.0136. The third kappa shape index (κ3) is 3.74. The van der Waals surface area contributed by atoms with Crippen LogP contribution in [0, 0.1) is 6.92 Å². The lowest BCUT2D eigenvalue weighted by Crippen LogP contribution is -2.36. The molecule has 0 saturated heterocycles. The molecule has 0 aliphatic carbocycles. The molecule has 0 saturated carbocycles. The topological polar surface area (TPSA) is 67.8 Å². The molecule has 1 atom stereocenters. The molecule has 0 N–H and O–H groups in total. The number of hydrogen-bond acceptors (Lipinski definition) is 7. The van der Waals surface area contributed by atoms with Crippen LogP contribution in [-0.4, -0.2) is 42.1 Å². The van der Waals surface area contributed by atoms with Crippen LogP contribution in [-0.2, 0) is 10.3 Å². The van der Waals surface area contributed by atoms with E-state index in [1.807, 2.05) is 43.9 Å². The highest BCUT2D eigenvalue weighted by Crippen LogP contribution is 2.61. The zero-order chi connectivity index (χ0) is 27.5. The van der Waals surface area contributed by atoms with Crippen molar-refractivity contribution in [2.24, 2.45) is 0 Å². The number of aromatic nitrogens is 2. The standard InChI is InChI=1S/C27H26Cl4N4O3/c1-6-34(7-2)14-10-11-15-16(12-14)37-24-18(13(5)32-26(33-24)35(8-3)9-4)27(15)19-17(25(36)38-27)20(28)22(30)23(31)21(19)29/h10-12H,6-9H2,1-5H3. The van der Waals surface area contributed by atoms with Gasteiger partial charge in [-0.05, 0) is 46.8 Å². The highest BCUT2D eigenvalue weighted by Gasteiger charge is 2.58. The molecule has 0 amide bonds. The number of anilines is 2. The molecule has 2 aromatic carbocycles. The molecule has 200 valence electrons. The quantitative estimate of drug-likeness (QED) is 0.165. The van der Waals surface area contributed by atoms with Gasteiger partial charge in [-0.2, -0.15) is 4.98 Å². The maximum Gasteiger partial charge on any atom is 0.341 e. The molecule has 1 spiro atoms. The summed E-state index contributed by atoms with van der Waals surface area (Å²) < 4.78 is 12.7. The number of hydrogen-bond donors (Lipinski definition) is 0. The van der Waals surface area contributed by atoms with Crippen molar-refractivity contribution in [1.82, 2.24) is 9.97 Å². The predicted molar refractivity (Wildman–Crippen MR) is 152 cm³/mol. The van der Waals surface area contributed by atoms with E-state index in [0.717, 1.165) is 18.8 Å². The minimum Gasteiger partial charge on any atom is -0.440 e. The second kappa shape index (κ2) is 9.94. The molecule has 3 heterocycles. The Hall–Kier alpha value is -2.45. The van der Waals surface area contributed by atoms with E-state index in [1.54, 1.807) is 0 Å². The van der Waals surface area contributed by atoms with Gasteiger partial charge in [0.15, 0.2) is 0 Å². The third-order valence-electron chi connectivity index (χ3n) is 7.19. The van der Waals surface area contributed by atoms with Crippen molar-refractivity contribution in [2.75, 3.05) is 36.0 Å². The summed E-state index contributed by atoms with van der Waals surface area (Å²) in [7, 11) is 0. The van der Waals surface area contributed by atoms with Gasteiger partial charge in [0.25, 0.3) is 0 Å². The van der Waals surface area contributed by atoms with Gasteiger partial charge >= 0.3 is 5.97 Å². The number of ether oxygens (including phenoxy) is 2. The first-order chi connectivity index (χ1) is 18.1. The second-order valence-electron chi connectivity index (χ2n) is 8.99. The fourth-order valence-electron chi connectivity index (χ4n) is 5.33. The molecule has 0 fully saturated rings. The van der Waals surface area contributed by atoms with Crippen LogP contribution in [0.2, 0.25) is 20.1 Å². The molecule has 38 heavy (non-hydrogen) atoms. The summed E-state index contributed by atoms with van der Waals surface area (Å²) in [6.07, 6.45) is 0. The third-order valence-corrected chi connectivity index (χ3v) is 8.99. The molecule has 0 bridgehead atoms.